The monoisotopic (exact) mass is 522 g/mol. The number of halogens is 2. The number of hydrogen-bond donors (Lipinski definition) is 0. The van der Waals surface area contributed by atoms with Crippen LogP contribution in [0.1, 0.15) is 11.5 Å². The second-order valence-electron chi connectivity index (χ2n) is 7.24. The molecule has 9 heteroatoms. The molecule has 0 amide bonds. The molecule has 0 radical (unpaired) electrons. The maximum atomic E-state index is 13.3. The summed E-state index contributed by atoms with van der Waals surface area (Å²) in [5, 5.41) is 5.11. The van der Waals surface area contributed by atoms with Gasteiger partial charge in [0, 0.05) is 10.0 Å². The lowest BCUT2D eigenvalue weighted by molar-refractivity contribution is 0.391. The fourth-order valence-electron chi connectivity index (χ4n) is 3.35. The summed E-state index contributed by atoms with van der Waals surface area (Å²) in [4.78, 5) is 22.4. The molecule has 0 unspecified atom stereocenters. The Morgan fingerprint density at radius 2 is 1.82 bits per heavy atom. The summed E-state index contributed by atoms with van der Waals surface area (Å²) in [6.07, 6.45) is 0. The van der Waals surface area contributed by atoms with Crippen molar-refractivity contribution in [1.29, 1.82) is 0 Å². The minimum atomic E-state index is -0.324. The number of para-hydroxylation sites is 1. The van der Waals surface area contributed by atoms with Crippen molar-refractivity contribution < 1.29 is 8.91 Å². The Labute approximate surface area is 200 Å². The minimum absolute atomic E-state index is 0.159. The standard InChI is InChI=1S/C24H16BrFN4O2S/c25-17-5-3-4-16(12-17)22-28-21(32-29-22)14-33-24-27-20-7-2-1-6-19(20)23(31)30(24)13-15-8-10-18(26)11-9-15/h1-12H,13-14H2. The van der Waals surface area contributed by atoms with E-state index in [1.165, 1.54) is 23.9 Å². The third kappa shape index (κ3) is 4.74. The van der Waals surface area contributed by atoms with Crippen molar-refractivity contribution in [3.8, 4) is 11.4 Å². The maximum absolute atomic E-state index is 13.3. The van der Waals surface area contributed by atoms with Gasteiger partial charge in [-0.25, -0.2) is 9.37 Å². The van der Waals surface area contributed by atoms with E-state index in [2.05, 4.69) is 26.1 Å². The quantitative estimate of drug-likeness (QED) is 0.210. The lowest BCUT2D eigenvalue weighted by Crippen LogP contribution is -2.24. The van der Waals surface area contributed by atoms with Crippen LogP contribution in [-0.2, 0) is 12.3 Å². The van der Waals surface area contributed by atoms with E-state index in [9.17, 15) is 9.18 Å². The molecule has 0 aliphatic heterocycles. The van der Waals surface area contributed by atoms with Crippen molar-refractivity contribution in [1.82, 2.24) is 19.7 Å². The number of aromatic nitrogens is 4. The van der Waals surface area contributed by atoms with Gasteiger partial charge in [0.2, 0.25) is 11.7 Å². The molecule has 0 aliphatic carbocycles. The van der Waals surface area contributed by atoms with Crippen LogP contribution in [0.2, 0.25) is 0 Å². The highest BCUT2D eigenvalue weighted by atomic mass is 79.9. The Balaban J connectivity index is 1.46. The van der Waals surface area contributed by atoms with Gasteiger partial charge in [0.1, 0.15) is 5.82 Å². The molecular formula is C24H16BrFN4O2S. The normalized spacial score (nSPS) is 11.2. The van der Waals surface area contributed by atoms with Crippen LogP contribution in [0.5, 0.6) is 0 Å². The van der Waals surface area contributed by atoms with E-state index >= 15 is 0 Å². The number of fused-ring (bicyclic) bond motifs is 1. The highest BCUT2D eigenvalue weighted by molar-refractivity contribution is 9.10. The molecule has 0 fully saturated rings. The van der Waals surface area contributed by atoms with E-state index in [-0.39, 0.29) is 17.9 Å². The van der Waals surface area contributed by atoms with E-state index in [0.717, 1.165) is 15.6 Å². The summed E-state index contributed by atoms with van der Waals surface area (Å²) < 4.78 is 21.3. The predicted octanol–water partition coefficient (Wildman–Crippen LogP) is 5.69. The first-order valence-corrected chi connectivity index (χ1v) is 11.8. The zero-order valence-corrected chi connectivity index (χ0v) is 19.5. The van der Waals surface area contributed by atoms with Gasteiger partial charge in [0.05, 0.1) is 23.2 Å². The maximum Gasteiger partial charge on any atom is 0.262 e. The molecular weight excluding hydrogens is 507 g/mol. The first-order chi connectivity index (χ1) is 16.1. The van der Waals surface area contributed by atoms with Crippen LogP contribution in [0.3, 0.4) is 0 Å². The summed E-state index contributed by atoms with van der Waals surface area (Å²) in [6, 6.07) is 20.9. The molecule has 0 saturated heterocycles. The molecule has 2 heterocycles. The second kappa shape index (κ2) is 9.29. The van der Waals surface area contributed by atoms with Gasteiger partial charge in [-0.3, -0.25) is 9.36 Å². The molecule has 0 spiro atoms. The fourth-order valence-corrected chi connectivity index (χ4v) is 4.59. The van der Waals surface area contributed by atoms with Gasteiger partial charge in [0.25, 0.3) is 5.56 Å². The zero-order chi connectivity index (χ0) is 22.8. The van der Waals surface area contributed by atoms with Gasteiger partial charge in [0.15, 0.2) is 5.16 Å². The number of hydrogen-bond acceptors (Lipinski definition) is 6. The van der Waals surface area contributed by atoms with Crippen LogP contribution in [0, 0.1) is 5.82 Å². The molecule has 5 aromatic rings. The summed E-state index contributed by atoms with van der Waals surface area (Å²) >= 11 is 4.78. The SMILES string of the molecule is O=c1c2ccccc2nc(SCc2nc(-c3cccc(Br)c3)no2)n1Cc1ccc(F)cc1. The van der Waals surface area contributed by atoms with Gasteiger partial charge >= 0.3 is 0 Å². The van der Waals surface area contributed by atoms with Crippen molar-refractivity contribution >= 4 is 38.6 Å². The van der Waals surface area contributed by atoms with Gasteiger partial charge in [-0.2, -0.15) is 4.98 Å². The molecule has 0 aliphatic rings. The van der Waals surface area contributed by atoms with Gasteiger partial charge < -0.3 is 4.52 Å². The molecule has 5 rings (SSSR count). The van der Waals surface area contributed by atoms with Crippen LogP contribution in [-0.4, -0.2) is 19.7 Å². The molecule has 33 heavy (non-hydrogen) atoms. The van der Waals surface area contributed by atoms with Gasteiger partial charge in [-0.05, 0) is 42.0 Å². The summed E-state index contributed by atoms with van der Waals surface area (Å²) in [5.41, 5.74) is 2.09. The molecule has 0 N–H and O–H groups in total. The molecule has 0 saturated carbocycles. The number of thioether (sulfide) groups is 1. The predicted molar refractivity (Wildman–Crippen MR) is 128 cm³/mol. The lowest BCUT2D eigenvalue weighted by atomic mass is 10.2. The molecule has 164 valence electrons. The fraction of sp³-hybridized carbons (Fsp3) is 0.0833. The number of rotatable bonds is 6. The smallest absolute Gasteiger partial charge is 0.262 e. The van der Waals surface area contributed by atoms with Crippen molar-refractivity contribution in [2.75, 3.05) is 0 Å². The van der Waals surface area contributed by atoms with E-state index in [4.69, 9.17) is 9.51 Å². The molecule has 0 atom stereocenters. The van der Waals surface area contributed by atoms with E-state index in [1.54, 1.807) is 28.8 Å². The number of benzene rings is 3. The third-order valence-electron chi connectivity index (χ3n) is 4.96. The van der Waals surface area contributed by atoms with E-state index in [1.807, 2.05) is 36.4 Å². The van der Waals surface area contributed by atoms with Crippen molar-refractivity contribution in [3.63, 3.8) is 0 Å². The Morgan fingerprint density at radius 1 is 1.00 bits per heavy atom. The first-order valence-electron chi connectivity index (χ1n) is 10.0. The first kappa shape index (κ1) is 21.5. The van der Waals surface area contributed by atoms with E-state index in [0.29, 0.717) is 33.5 Å². The summed E-state index contributed by atoms with van der Waals surface area (Å²) in [6.45, 7) is 0.270. The Hall–Kier alpha value is -3.30. The van der Waals surface area contributed by atoms with Crippen LogP contribution in [0.4, 0.5) is 4.39 Å². The average Bonchev–Trinajstić information content (AvgIpc) is 3.30. The van der Waals surface area contributed by atoms with E-state index < -0.39 is 0 Å². The molecule has 2 aromatic heterocycles. The lowest BCUT2D eigenvalue weighted by Gasteiger charge is -2.12. The van der Waals surface area contributed by atoms with Crippen molar-refractivity contribution in [3.05, 3.63) is 105 Å². The third-order valence-corrected chi connectivity index (χ3v) is 6.41. The highest BCUT2D eigenvalue weighted by Gasteiger charge is 2.15. The Morgan fingerprint density at radius 3 is 2.64 bits per heavy atom. The number of nitrogens with zero attached hydrogens (tertiary/aromatic N) is 4. The average molecular weight is 523 g/mol. The highest BCUT2D eigenvalue weighted by Crippen LogP contribution is 2.25. The van der Waals surface area contributed by atoms with Crippen molar-refractivity contribution in [2.45, 2.75) is 17.5 Å². The van der Waals surface area contributed by atoms with Crippen LogP contribution >= 0.6 is 27.7 Å². The Kier molecular flexibility index (Phi) is 6.06. The summed E-state index contributed by atoms with van der Waals surface area (Å²) in [7, 11) is 0. The largest absolute Gasteiger partial charge is 0.338 e. The van der Waals surface area contributed by atoms with Crippen LogP contribution in [0.25, 0.3) is 22.3 Å². The molecule has 6 nitrogen and oxygen atoms in total. The zero-order valence-electron chi connectivity index (χ0n) is 17.1. The minimum Gasteiger partial charge on any atom is -0.338 e. The topological polar surface area (TPSA) is 73.8 Å². The summed E-state index contributed by atoms with van der Waals surface area (Å²) in [5.74, 6) is 0.928. The van der Waals surface area contributed by atoms with Crippen molar-refractivity contribution in [2.24, 2.45) is 0 Å². The Bertz CT molecular complexity index is 1500. The second-order valence-corrected chi connectivity index (χ2v) is 9.10. The van der Waals surface area contributed by atoms with Gasteiger partial charge in [-0.15, -0.1) is 0 Å². The van der Waals surface area contributed by atoms with Gasteiger partial charge in [-0.1, -0.05) is 69.2 Å². The van der Waals surface area contributed by atoms with Crippen LogP contribution < -0.4 is 5.56 Å². The molecule has 0 bridgehead atoms. The molecule has 3 aromatic carbocycles. The van der Waals surface area contributed by atoms with Crippen LogP contribution in [0.15, 0.2) is 91.7 Å².